The summed E-state index contributed by atoms with van der Waals surface area (Å²) in [5, 5.41) is 0.256. The number of hydrogen-bond donors (Lipinski definition) is 0. The molecule has 0 aromatic carbocycles. The Balaban J connectivity index is 2.20. The van der Waals surface area contributed by atoms with E-state index in [1.54, 1.807) is 12.5 Å². The summed E-state index contributed by atoms with van der Waals surface area (Å²) in [5.74, 6) is 1.70. The average molecular weight is 238 g/mol. The molecule has 0 aliphatic heterocycles. The third-order valence-corrected chi connectivity index (χ3v) is 2.43. The molecule has 0 spiro atoms. The van der Waals surface area contributed by atoms with Gasteiger partial charge in [0.05, 0.1) is 12.8 Å². The van der Waals surface area contributed by atoms with Crippen molar-refractivity contribution >= 4 is 17.4 Å². The second-order valence-electron chi connectivity index (χ2n) is 3.58. The highest BCUT2D eigenvalue weighted by Gasteiger charge is 2.09. The van der Waals surface area contributed by atoms with Gasteiger partial charge in [-0.05, 0) is 30.7 Å². The molecule has 2 aromatic rings. The maximum atomic E-state index is 5.77. The Morgan fingerprint density at radius 2 is 2.31 bits per heavy atom. The normalized spacial score (nSPS) is 10.4. The van der Waals surface area contributed by atoms with E-state index in [1.807, 2.05) is 31.0 Å². The average Bonchev–Trinajstić information content (AvgIpc) is 2.74. The summed E-state index contributed by atoms with van der Waals surface area (Å²) >= 11 is 5.77. The zero-order valence-electron chi connectivity index (χ0n) is 9.14. The van der Waals surface area contributed by atoms with Crippen molar-refractivity contribution in [3.05, 3.63) is 41.2 Å². The second kappa shape index (κ2) is 4.53. The van der Waals surface area contributed by atoms with Crippen LogP contribution in [0.3, 0.4) is 0 Å². The van der Waals surface area contributed by atoms with E-state index < -0.39 is 0 Å². The molecule has 0 radical (unpaired) electrons. The van der Waals surface area contributed by atoms with E-state index in [9.17, 15) is 0 Å². The van der Waals surface area contributed by atoms with Crippen LogP contribution in [0.15, 0.2) is 29.0 Å². The van der Waals surface area contributed by atoms with Crippen LogP contribution in [-0.4, -0.2) is 17.0 Å². The van der Waals surface area contributed by atoms with Crippen molar-refractivity contribution in [3.8, 4) is 0 Å². The van der Waals surface area contributed by atoms with Crippen molar-refractivity contribution in [1.82, 2.24) is 9.97 Å². The lowest BCUT2D eigenvalue weighted by molar-refractivity contribution is 0.506. The summed E-state index contributed by atoms with van der Waals surface area (Å²) < 4.78 is 5.28. The first-order valence-electron chi connectivity index (χ1n) is 4.89. The minimum absolute atomic E-state index is 0.256. The molecule has 2 rings (SSSR count). The van der Waals surface area contributed by atoms with Crippen molar-refractivity contribution in [1.29, 1.82) is 0 Å². The number of aromatic nitrogens is 2. The van der Waals surface area contributed by atoms with Crippen molar-refractivity contribution in [3.63, 3.8) is 0 Å². The standard InChI is InChI=1S/C11H12ClN3O/c1-8-6-13-11(12)14-10(8)15(2)7-9-4-3-5-16-9/h3-6H,7H2,1-2H3. The minimum Gasteiger partial charge on any atom is -0.467 e. The van der Waals surface area contributed by atoms with Gasteiger partial charge in [0.15, 0.2) is 0 Å². The molecule has 0 bridgehead atoms. The fourth-order valence-corrected chi connectivity index (χ4v) is 1.64. The fourth-order valence-electron chi connectivity index (χ4n) is 1.51. The number of furan rings is 1. The Kier molecular flexibility index (Phi) is 3.10. The molecular weight excluding hydrogens is 226 g/mol. The van der Waals surface area contributed by atoms with Crippen molar-refractivity contribution < 1.29 is 4.42 Å². The first-order valence-corrected chi connectivity index (χ1v) is 5.27. The van der Waals surface area contributed by atoms with Crippen molar-refractivity contribution in [2.24, 2.45) is 0 Å². The molecule has 0 unspecified atom stereocenters. The Bertz CT molecular complexity index is 470. The number of hydrogen-bond acceptors (Lipinski definition) is 4. The molecule has 2 heterocycles. The molecule has 0 aliphatic carbocycles. The van der Waals surface area contributed by atoms with Gasteiger partial charge >= 0.3 is 0 Å². The van der Waals surface area contributed by atoms with Crippen LogP contribution in [0.5, 0.6) is 0 Å². The lowest BCUT2D eigenvalue weighted by Gasteiger charge is -2.18. The smallest absolute Gasteiger partial charge is 0.224 e. The van der Waals surface area contributed by atoms with E-state index in [0.717, 1.165) is 17.1 Å². The molecule has 0 saturated heterocycles. The Morgan fingerprint density at radius 3 is 3.00 bits per heavy atom. The molecule has 0 atom stereocenters. The quantitative estimate of drug-likeness (QED) is 0.770. The van der Waals surface area contributed by atoms with Crippen molar-refractivity contribution in [2.45, 2.75) is 13.5 Å². The van der Waals surface area contributed by atoms with Crippen LogP contribution >= 0.6 is 11.6 Å². The van der Waals surface area contributed by atoms with E-state index >= 15 is 0 Å². The molecular formula is C11H12ClN3O. The molecule has 16 heavy (non-hydrogen) atoms. The largest absolute Gasteiger partial charge is 0.467 e. The molecule has 84 valence electrons. The molecule has 0 aliphatic rings. The van der Waals surface area contributed by atoms with Gasteiger partial charge in [0, 0.05) is 18.8 Å². The van der Waals surface area contributed by atoms with Crippen LogP contribution in [0.4, 0.5) is 5.82 Å². The third-order valence-electron chi connectivity index (χ3n) is 2.25. The van der Waals surface area contributed by atoms with Gasteiger partial charge in [-0.1, -0.05) is 0 Å². The molecule has 2 aromatic heterocycles. The van der Waals surface area contributed by atoms with Gasteiger partial charge < -0.3 is 9.32 Å². The highest BCUT2D eigenvalue weighted by Crippen LogP contribution is 2.18. The Hall–Kier alpha value is -1.55. The van der Waals surface area contributed by atoms with Crippen molar-refractivity contribution in [2.75, 3.05) is 11.9 Å². The van der Waals surface area contributed by atoms with Crippen LogP contribution in [-0.2, 0) is 6.54 Å². The molecule has 0 N–H and O–H groups in total. The highest BCUT2D eigenvalue weighted by molar-refractivity contribution is 6.28. The van der Waals surface area contributed by atoms with Gasteiger partial charge in [-0.2, -0.15) is 0 Å². The fraction of sp³-hybridized carbons (Fsp3) is 0.273. The third kappa shape index (κ3) is 2.33. The van der Waals surface area contributed by atoms with Gasteiger partial charge in [-0.25, -0.2) is 9.97 Å². The number of halogens is 1. The minimum atomic E-state index is 0.256. The summed E-state index contributed by atoms with van der Waals surface area (Å²) in [7, 11) is 1.94. The van der Waals surface area contributed by atoms with E-state index in [1.165, 1.54) is 0 Å². The number of rotatable bonds is 3. The first kappa shape index (κ1) is 11.0. The van der Waals surface area contributed by atoms with E-state index in [2.05, 4.69) is 9.97 Å². The van der Waals surface area contributed by atoms with Crippen LogP contribution in [0.25, 0.3) is 0 Å². The van der Waals surface area contributed by atoms with Crippen LogP contribution in [0.1, 0.15) is 11.3 Å². The second-order valence-corrected chi connectivity index (χ2v) is 3.92. The summed E-state index contributed by atoms with van der Waals surface area (Å²) in [5.41, 5.74) is 0.985. The molecule has 0 amide bonds. The lowest BCUT2D eigenvalue weighted by atomic mass is 10.3. The Morgan fingerprint density at radius 1 is 1.50 bits per heavy atom. The van der Waals surface area contributed by atoms with Gasteiger partial charge in [0.25, 0.3) is 0 Å². The topological polar surface area (TPSA) is 42.2 Å². The monoisotopic (exact) mass is 237 g/mol. The Labute approximate surface area is 98.9 Å². The van der Waals surface area contributed by atoms with E-state index in [0.29, 0.717) is 6.54 Å². The predicted molar refractivity (Wildman–Crippen MR) is 62.6 cm³/mol. The molecule has 0 saturated carbocycles. The maximum absolute atomic E-state index is 5.77. The number of anilines is 1. The summed E-state index contributed by atoms with van der Waals surface area (Å²) in [6, 6.07) is 3.79. The molecule has 5 heteroatoms. The maximum Gasteiger partial charge on any atom is 0.224 e. The summed E-state index contributed by atoms with van der Waals surface area (Å²) in [6.45, 7) is 2.60. The van der Waals surface area contributed by atoms with Crippen LogP contribution in [0, 0.1) is 6.92 Å². The molecule has 4 nitrogen and oxygen atoms in total. The van der Waals surface area contributed by atoms with Gasteiger partial charge in [-0.15, -0.1) is 0 Å². The van der Waals surface area contributed by atoms with E-state index in [-0.39, 0.29) is 5.28 Å². The lowest BCUT2D eigenvalue weighted by Crippen LogP contribution is -2.18. The number of nitrogens with zero attached hydrogens (tertiary/aromatic N) is 3. The predicted octanol–water partition coefficient (Wildman–Crippen LogP) is 2.67. The first-order chi connectivity index (χ1) is 7.66. The summed E-state index contributed by atoms with van der Waals surface area (Å²) in [4.78, 5) is 10.1. The van der Waals surface area contributed by atoms with Gasteiger partial charge in [0.1, 0.15) is 11.6 Å². The summed E-state index contributed by atoms with van der Waals surface area (Å²) in [6.07, 6.45) is 3.37. The highest BCUT2D eigenvalue weighted by atomic mass is 35.5. The van der Waals surface area contributed by atoms with Crippen LogP contribution in [0.2, 0.25) is 5.28 Å². The van der Waals surface area contributed by atoms with E-state index in [4.69, 9.17) is 16.0 Å². The number of aryl methyl sites for hydroxylation is 1. The van der Waals surface area contributed by atoms with Gasteiger partial charge in [-0.3, -0.25) is 0 Å². The van der Waals surface area contributed by atoms with Crippen LogP contribution < -0.4 is 4.90 Å². The molecule has 0 fully saturated rings. The zero-order chi connectivity index (χ0) is 11.5. The van der Waals surface area contributed by atoms with Gasteiger partial charge in [0.2, 0.25) is 5.28 Å². The SMILES string of the molecule is Cc1cnc(Cl)nc1N(C)Cc1ccco1. The zero-order valence-corrected chi connectivity index (χ0v) is 9.90.